The highest BCUT2D eigenvalue weighted by atomic mass is 79.9. The van der Waals surface area contributed by atoms with Crippen LogP contribution in [0.3, 0.4) is 0 Å². The molecule has 0 N–H and O–H groups in total. The molecule has 0 heterocycles. The monoisotopic (exact) mass is 290 g/mol. The Kier molecular flexibility index (Phi) is 5.60. The number of halogens is 1. The van der Waals surface area contributed by atoms with E-state index in [1.165, 1.54) is 51.4 Å². The van der Waals surface area contributed by atoms with E-state index in [4.69, 9.17) is 9.47 Å². The molecule has 94 valence electrons. The Bertz CT molecular complexity index is 194. The van der Waals surface area contributed by atoms with Crippen molar-refractivity contribution in [3.63, 3.8) is 0 Å². The number of rotatable bonds is 5. The lowest BCUT2D eigenvalue weighted by Gasteiger charge is -2.26. The molecule has 0 saturated heterocycles. The van der Waals surface area contributed by atoms with Gasteiger partial charge in [-0.1, -0.05) is 35.2 Å². The van der Waals surface area contributed by atoms with Crippen LogP contribution in [0.25, 0.3) is 0 Å². The van der Waals surface area contributed by atoms with Gasteiger partial charge in [-0.25, -0.2) is 0 Å². The molecule has 0 spiro atoms. The van der Waals surface area contributed by atoms with Gasteiger partial charge in [0.2, 0.25) is 0 Å². The molecule has 0 aliphatic heterocycles. The van der Waals surface area contributed by atoms with E-state index in [9.17, 15) is 0 Å². The van der Waals surface area contributed by atoms with Crippen LogP contribution in [0.2, 0.25) is 0 Å². The molecule has 2 fully saturated rings. The summed E-state index contributed by atoms with van der Waals surface area (Å²) in [7, 11) is 0. The van der Waals surface area contributed by atoms with Gasteiger partial charge in [-0.05, 0) is 32.1 Å². The minimum absolute atomic E-state index is 0.410. The predicted octanol–water partition coefficient (Wildman–Crippen LogP) is 3.67. The zero-order chi connectivity index (χ0) is 11.2. The van der Waals surface area contributed by atoms with Gasteiger partial charge in [0, 0.05) is 4.83 Å². The normalized spacial score (nSPS) is 32.1. The average molecular weight is 291 g/mol. The second kappa shape index (κ2) is 6.97. The van der Waals surface area contributed by atoms with Crippen LogP contribution in [0.4, 0.5) is 0 Å². The maximum atomic E-state index is 5.92. The van der Waals surface area contributed by atoms with Crippen LogP contribution < -0.4 is 0 Å². The van der Waals surface area contributed by atoms with Gasteiger partial charge in [-0.3, -0.25) is 0 Å². The molecule has 2 unspecified atom stereocenters. The van der Waals surface area contributed by atoms with Crippen LogP contribution >= 0.6 is 15.9 Å². The smallest absolute Gasteiger partial charge is 0.0704 e. The van der Waals surface area contributed by atoms with Gasteiger partial charge in [0.25, 0.3) is 0 Å². The number of hydrogen-bond donors (Lipinski definition) is 0. The summed E-state index contributed by atoms with van der Waals surface area (Å²) in [6, 6.07) is 0. The fourth-order valence-electron chi connectivity index (χ4n) is 2.37. The van der Waals surface area contributed by atoms with Crippen LogP contribution in [0.15, 0.2) is 0 Å². The SMILES string of the molecule is BrC1CCCCCC1OCCOC1CCC1. The summed E-state index contributed by atoms with van der Waals surface area (Å²) in [5.74, 6) is 0. The van der Waals surface area contributed by atoms with E-state index in [2.05, 4.69) is 15.9 Å². The van der Waals surface area contributed by atoms with Gasteiger partial charge >= 0.3 is 0 Å². The summed E-state index contributed by atoms with van der Waals surface area (Å²) in [6.45, 7) is 1.55. The summed E-state index contributed by atoms with van der Waals surface area (Å²) in [5, 5.41) is 0. The summed E-state index contributed by atoms with van der Waals surface area (Å²) < 4.78 is 11.6. The Morgan fingerprint density at radius 3 is 2.31 bits per heavy atom. The van der Waals surface area contributed by atoms with Crippen LogP contribution in [-0.2, 0) is 9.47 Å². The molecule has 2 nitrogen and oxygen atoms in total. The van der Waals surface area contributed by atoms with E-state index in [1.54, 1.807) is 0 Å². The first-order valence-electron chi connectivity index (χ1n) is 6.73. The largest absolute Gasteiger partial charge is 0.376 e. The molecule has 0 aromatic carbocycles. The summed E-state index contributed by atoms with van der Waals surface area (Å²) in [5.41, 5.74) is 0. The maximum Gasteiger partial charge on any atom is 0.0704 e. The van der Waals surface area contributed by atoms with Crippen molar-refractivity contribution in [2.24, 2.45) is 0 Å². The maximum absolute atomic E-state index is 5.92. The molecule has 0 aromatic rings. The predicted molar refractivity (Wildman–Crippen MR) is 69.1 cm³/mol. The molecule has 16 heavy (non-hydrogen) atoms. The summed E-state index contributed by atoms with van der Waals surface area (Å²) >= 11 is 3.74. The standard InChI is InChI=1S/C13H23BrO2/c14-12-7-2-1-3-8-13(12)16-10-9-15-11-5-4-6-11/h11-13H,1-10H2. The van der Waals surface area contributed by atoms with Crippen LogP contribution in [0, 0.1) is 0 Å². The molecule has 0 aromatic heterocycles. The Morgan fingerprint density at radius 1 is 0.812 bits per heavy atom. The first-order valence-corrected chi connectivity index (χ1v) is 7.65. The van der Waals surface area contributed by atoms with E-state index < -0.39 is 0 Å². The highest BCUT2D eigenvalue weighted by Crippen LogP contribution is 2.26. The van der Waals surface area contributed by atoms with Crippen LogP contribution in [-0.4, -0.2) is 30.2 Å². The topological polar surface area (TPSA) is 18.5 Å². The molecule has 2 atom stereocenters. The van der Waals surface area contributed by atoms with Crippen molar-refractivity contribution in [1.82, 2.24) is 0 Å². The lowest BCUT2D eigenvalue weighted by molar-refractivity contribution is -0.0467. The Labute approximate surface area is 107 Å². The van der Waals surface area contributed by atoms with Crippen LogP contribution in [0.5, 0.6) is 0 Å². The third-order valence-corrected chi connectivity index (χ3v) is 4.74. The molecule has 2 rings (SSSR count). The van der Waals surface area contributed by atoms with Gasteiger partial charge in [0.15, 0.2) is 0 Å². The fourth-order valence-corrected chi connectivity index (χ4v) is 3.11. The van der Waals surface area contributed by atoms with E-state index in [0.717, 1.165) is 13.2 Å². The molecule has 2 aliphatic rings. The second-order valence-corrected chi connectivity index (χ2v) is 6.16. The van der Waals surface area contributed by atoms with E-state index in [1.807, 2.05) is 0 Å². The minimum Gasteiger partial charge on any atom is -0.376 e. The highest BCUT2D eigenvalue weighted by molar-refractivity contribution is 9.09. The molecule has 0 bridgehead atoms. The average Bonchev–Trinajstić information content (AvgIpc) is 2.41. The Balaban J connectivity index is 1.56. The van der Waals surface area contributed by atoms with Gasteiger partial charge in [-0.15, -0.1) is 0 Å². The number of ether oxygens (including phenoxy) is 2. The van der Waals surface area contributed by atoms with E-state index >= 15 is 0 Å². The van der Waals surface area contributed by atoms with Gasteiger partial charge in [-0.2, -0.15) is 0 Å². The fraction of sp³-hybridized carbons (Fsp3) is 1.00. The second-order valence-electron chi connectivity index (χ2n) is 4.99. The number of hydrogen-bond acceptors (Lipinski definition) is 2. The Morgan fingerprint density at radius 2 is 1.56 bits per heavy atom. The van der Waals surface area contributed by atoms with E-state index in [-0.39, 0.29) is 0 Å². The van der Waals surface area contributed by atoms with Gasteiger partial charge in [0.05, 0.1) is 25.4 Å². The zero-order valence-corrected chi connectivity index (χ0v) is 11.6. The molecule has 3 heteroatoms. The summed E-state index contributed by atoms with van der Waals surface area (Å²) in [4.78, 5) is 0.554. The first-order chi connectivity index (χ1) is 7.86. The first kappa shape index (κ1) is 12.8. The third-order valence-electron chi connectivity index (χ3n) is 3.69. The minimum atomic E-state index is 0.410. The van der Waals surface area contributed by atoms with Gasteiger partial charge < -0.3 is 9.47 Å². The van der Waals surface area contributed by atoms with Crippen molar-refractivity contribution in [3.8, 4) is 0 Å². The van der Waals surface area contributed by atoms with Crippen molar-refractivity contribution in [1.29, 1.82) is 0 Å². The lowest BCUT2D eigenvalue weighted by atomic mass is 9.96. The molecule has 0 amide bonds. The Hall–Kier alpha value is 0.400. The van der Waals surface area contributed by atoms with Crippen LogP contribution in [0.1, 0.15) is 51.4 Å². The van der Waals surface area contributed by atoms with Crippen molar-refractivity contribution in [3.05, 3.63) is 0 Å². The zero-order valence-electron chi connectivity index (χ0n) is 10.00. The quantitative estimate of drug-likeness (QED) is 0.437. The molecule has 0 radical (unpaired) electrons. The van der Waals surface area contributed by atoms with Crippen molar-refractivity contribution >= 4 is 15.9 Å². The number of alkyl halides is 1. The van der Waals surface area contributed by atoms with Crippen molar-refractivity contribution < 1.29 is 9.47 Å². The summed E-state index contributed by atoms with van der Waals surface area (Å²) in [6.07, 6.45) is 11.3. The molecule has 2 saturated carbocycles. The van der Waals surface area contributed by atoms with E-state index in [0.29, 0.717) is 17.0 Å². The highest BCUT2D eigenvalue weighted by Gasteiger charge is 2.22. The molecular formula is C13H23BrO2. The molecular weight excluding hydrogens is 268 g/mol. The third kappa shape index (κ3) is 4.01. The van der Waals surface area contributed by atoms with Crippen molar-refractivity contribution in [2.45, 2.75) is 68.4 Å². The van der Waals surface area contributed by atoms with Gasteiger partial charge in [0.1, 0.15) is 0 Å². The lowest BCUT2D eigenvalue weighted by Crippen LogP contribution is -2.27. The molecule has 2 aliphatic carbocycles. The van der Waals surface area contributed by atoms with Crippen molar-refractivity contribution in [2.75, 3.05) is 13.2 Å².